The third-order valence-corrected chi connectivity index (χ3v) is 4.44. The summed E-state index contributed by atoms with van der Waals surface area (Å²) >= 11 is 11.9. The van der Waals surface area contributed by atoms with E-state index in [1.807, 2.05) is 12.1 Å². The molecule has 1 N–H and O–H groups in total. The lowest BCUT2D eigenvalue weighted by atomic mass is 10.2. The van der Waals surface area contributed by atoms with E-state index >= 15 is 0 Å². The van der Waals surface area contributed by atoms with Gasteiger partial charge in [-0.3, -0.25) is 4.79 Å². The Morgan fingerprint density at radius 1 is 1.33 bits per heavy atom. The van der Waals surface area contributed by atoms with Gasteiger partial charge in [-0.05, 0) is 36.8 Å². The van der Waals surface area contributed by atoms with Crippen LogP contribution in [0.5, 0.6) is 5.75 Å². The number of anilines is 1. The van der Waals surface area contributed by atoms with E-state index in [2.05, 4.69) is 15.2 Å². The Bertz CT molecular complexity index is 754. The third kappa shape index (κ3) is 3.74. The molecule has 2 aromatic rings. The van der Waals surface area contributed by atoms with Crippen LogP contribution >= 0.6 is 23.2 Å². The maximum Gasteiger partial charge on any atom is 0.251 e. The first-order chi connectivity index (χ1) is 11.6. The fraction of sp³-hybridized carbons (Fsp3) is 0.294. The summed E-state index contributed by atoms with van der Waals surface area (Å²) in [5.74, 6) is 0.622. The predicted octanol–water partition coefficient (Wildman–Crippen LogP) is 3.41. The normalized spacial score (nSPS) is 17.0. The molecule has 126 valence electrons. The van der Waals surface area contributed by atoms with Gasteiger partial charge in [-0.25, -0.2) is 4.98 Å². The van der Waals surface area contributed by atoms with Gasteiger partial charge < -0.3 is 15.0 Å². The number of aromatic nitrogens is 1. The van der Waals surface area contributed by atoms with Gasteiger partial charge in [0.2, 0.25) is 0 Å². The SMILES string of the molecule is COc1ccc(Cl)cc1N1CC[C@@H](NC(=O)c2ccnc(Cl)c2)C1. The van der Waals surface area contributed by atoms with Gasteiger partial charge >= 0.3 is 0 Å². The summed E-state index contributed by atoms with van der Waals surface area (Å²) in [5.41, 5.74) is 1.45. The van der Waals surface area contributed by atoms with Gasteiger partial charge in [0.15, 0.2) is 0 Å². The molecule has 2 heterocycles. The van der Waals surface area contributed by atoms with Crippen molar-refractivity contribution in [3.05, 3.63) is 52.3 Å². The van der Waals surface area contributed by atoms with Gasteiger partial charge in [-0.1, -0.05) is 23.2 Å². The molecule has 0 saturated carbocycles. The Balaban J connectivity index is 1.68. The van der Waals surface area contributed by atoms with Gasteiger partial charge in [0.05, 0.1) is 12.8 Å². The van der Waals surface area contributed by atoms with Crippen molar-refractivity contribution in [2.24, 2.45) is 0 Å². The van der Waals surface area contributed by atoms with E-state index in [-0.39, 0.29) is 11.9 Å². The molecule has 0 radical (unpaired) electrons. The average Bonchev–Trinajstić information content (AvgIpc) is 3.03. The maximum absolute atomic E-state index is 12.3. The highest BCUT2D eigenvalue weighted by Crippen LogP contribution is 2.33. The lowest BCUT2D eigenvalue weighted by Crippen LogP contribution is -2.37. The Labute approximate surface area is 150 Å². The van der Waals surface area contributed by atoms with Gasteiger partial charge in [0.25, 0.3) is 5.91 Å². The number of carbonyl (C=O) groups excluding carboxylic acids is 1. The van der Waals surface area contributed by atoms with Crippen LogP contribution in [0.1, 0.15) is 16.8 Å². The Morgan fingerprint density at radius 3 is 2.92 bits per heavy atom. The third-order valence-electron chi connectivity index (χ3n) is 3.99. The van der Waals surface area contributed by atoms with E-state index in [1.54, 1.807) is 25.3 Å². The van der Waals surface area contributed by atoms with Gasteiger partial charge in [-0.15, -0.1) is 0 Å². The highest BCUT2D eigenvalue weighted by atomic mass is 35.5. The van der Waals surface area contributed by atoms with Gasteiger partial charge in [0, 0.05) is 35.9 Å². The molecular weight excluding hydrogens is 349 g/mol. The number of pyridine rings is 1. The lowest BCUT2D eigenvalue weighted by Gasteiger charge is -2.21. The molecule has 5 nitrogen and oxygen atoms in total. The molecule has 1 aromatic carbocycles. The van der Waals surface area contributed by atoms with E-state index in [1.165, 1.54) is 6.20 Å². The molecule has 1 aliphatic heterocycles. The van der Waals surface area contributed by atoms with E-state index in [0.717, 1.165) is 24.4 Å². The molecule has 24 heavy (non-hydrogen) atoms. The molecule has 1 fully saturated rings. The fourth-order valence-electron chi connectivity index (χ4n) is 2.82. The summed E-state index contributed by atoms with van der Waals surface area (Å²) in [6, 6.07) is 8.79. The standard InChI is InChI=1S/C17H17Cl2N3O2/c1-24-15-3-2-12(18)9-14(15)22-7-5-13(10-22)21-17(23)11-4-6-20-16(19)8-11/h2-4,6,8-9,13H,5,7,10H2,1H3,(H,21,23)/t13-/m1/s1. The monoisotopic (exact) mass is 365 g/mol. The molecule has 1 saturated heterocycles. The summed E-state index contributed by atoms with van der Waals surface area (Å²) < 4.78 is 5.40. The predicted molar refractivity (Wildman–Crippen MR) is 95.3 cm³/mol. The molecular formula is C17H17Cl2N3O2. The number of halogens is 2. The molecule has 1 atom stereocenters. The molecule has 0 bridgehead atoms. The molecule has 7 heteroatoms. The number of hydrogen-bond donors (Lipinski definition) is 1. The summed E-state index contributed by atoms with van der Waals surface area (Å²) in [5, 5.41) is 4.00. The molecule has 3 rings (SSSR count). The van der Waals surface area contributed by atoms with Gasteiger partial charge in [-0.2, -0.15) is 0 Å². The smallest absolute Gasteiger partial charge is 0.251 e. The number of nitrogens with one attached hydrogen (secondary N) is 1. The molecule has 1 amide bonds. The minimum atomic E-state index is -0.149. The molecule has 0 unspecified atom stereocenters. The van der Waals surface area contributed by atoms with Crippen LogP contribution in [0, 0.1) is 0 Å². The topological polar surface area (TPSA) is 54.5 Å². The first-order valence-corrected chi connectivity index (χ1v) is 8.33. The highest BCUT2D eigenvalue weighted by Gasteiger charge is 2.26. The number of amides is 1. The van der Waals surface area contributed by atoms with Gasteiger partial charge in [0.1, 0.15) is 10.9 Å². The highest BCUT2D eigenvalue weighted by molar-refractivity contribution is 6.31. The number of rotatable bonds is 4. The Morgan fingerprint density at radius 2 is 2.17 bits per heavy atom. The Hall–Kier alpha value is -1.98. The average molecular weight is 366 g/mol. The second-order valence-electron chi connectivity index (χ2n) is 5.59. The van der Waals surface area contributed by atoms with Crippen molar-refractivity contribution in [2.75, 3.05) is 25.1 Å². The minimum Gasteiger partial charge on any atom is -0.495 e. The fourth-order valence-corrected chi connectivity index (χ4v) is 3.16. The van der Waals surface area contributed by atoms with Crippen molar-refractivity contribution >= 4 is 34.8 Å². The first-order valence-electron chi connectivity index (χ1n) is 7.57. The molecule has 0 aliphatic carbocycles. The minimum absolute atomic E-state index is 0.0492. The zero-order valence-corrected chi connectivity index (χ0v) is 14.6. The van der Waals surface area contributed by atoms with Crippen LogP contribution in [0.4, 0.5) is 5.69 Å². The van der Waals surface area contributed by atoms with E-state index in [0.29, 0.717) is 22.3 Å². The summed E-state index contributed by atoms with van der Waals surface area (Å²) in [6.45, 7) is 1.51. The van der Waals surface area contributed by atoms with E-state index in [9.17, 15) is 4.79 Å². The number of carbonyl (C=O) groups is 1. The van der Waals surface area contributed by atoms with Crippen molar-refractivity contribution in [2.45, 2.75) is 12.5 Å². The largest absolute Gasteiger partial charge is 0.495 e. The number of hydrogen-bond acceptors (Lipinski definition) is 4. The second-order valence-corrected chi connectivity index (χ2v) is 6.41. The van der Waals surface area contributed by atoms with Crippen LogP contribution < -0.4 is 15.0 Å². The zero-order valence-electron chi connectivity index (χ0n) is 13.1. The lowest BCUT2D eigenvalue weighted by molar-refractivity contribution is 0.0940. The van der Waals surface area contributed by atoms with Crippen LogP contribution in [-0.4, -0.2) is 37.1 Å². The van der Waals surface area contributed by atoms with Crippen LogP contribution in [0.25, 0.3) is 0 Å². The second kappa shape index (κ2) is 7.28. The molecule has 0 spiro atoms. The maximum atomic E-state index is 12.3. The molecule has 1 aliphatic rings. The van der Waals surface area contributed by atoms with Crippen LogP contribution in [0.15, 0.2) is 36.5 Å². The van der Waals surface area contributed by atoms with Crippen molar-refractivity contribution in [3.8, 4) is 5.75 Å². The summed E-state index contributed by atoms with van der Waals surface area (Å²) in [4.78, 5) is 18.4. The van der Waals surface area contributed by atoms with Crippen molar-refractivity contribution < 1.29 is 9.53 Å². The number of methoxy groups -OCH3 is 1. The Kier molecular flexibility index (Phi) is 5.11. The van der Waals surface area contributed by atoms with E-state index in [4.69, 9.17) is 27.9 Å². The number of ether oxygens (including phenoxy) is 1. The van der Waals surface area contributed by atoms with Crippen LogP contribution in [0.3, 0.4) is 0 Å². The first kappa shape index (κ1) is 16.9. The van der Waals surface area contributed by atoms with Crippen molar-refractivity contribution in [3.63, 3.8) is 0 Å². The quantitative estimate of drug-likeness (QED) is 0.843. The van der Waals surface area contributed by atoms with E-state index < -0.39 is 0 Å². The summed E-state index contributed by atoms with van der Waals surface area (Å²) in [6.07, 6.45) is 2.37. The van der Waals surface area contributed by atoms with Crippen LogP contribution in [0.2, 0.25) is 10.2 Å². The van der Waals surface area contributed by atoms with Crippen LogP contribution in [-0.2, 0) is 0 Å². The molecule has 1 aromatic heterocycles. The zero-order chi connectivity index (χ0) is 17.1. The number of benzene rings is 1. The van der Waals surface area contributed by atoms with Crippen molar-refractivity contribution in [1.82, 2.24) is 10.3 Å². The van der Waals surface area contributed by atoms with Crippen molar-refractivity contribution in [1.29, 1.82) is 0 Å². The summed E-state index contributed by atoms with van der Waals surface area (Å²) in [7, 11) is 1.63. The number of nitrogens with zero attached hydrogens (tertiary/aromatic N) is 2.